The van der Waals surface area contributed by atoms with E-state index in [2.05, 4.69) is 15.4 Å². The Kier molecular flexibility index (Phi) is 8.90. The van der Waals surface area contributed by atoms with Gasteiger partial charge in [-0.1, -0.05) is 24.2 Å². The van der Waals surface area contributed by atoms with E-state index in [1.54, 1.807) is 11.4 Å². The summed E-state index contributed by atoms with van der Waals surface area (Å²) < 4.78 is 37.6. The number of hydrogen-bond donors (Lipinski definition) is 2. The van der Waals surface area contributed by atoms with Gasteiger partial charge in [0.1, 0.15) is 30.0 Å². The molecular formula is C27H38N6O5S. The lowest BCUT2D eigenvalue weighted by molar-refractivity contribution is 0.108. The van der Waals surface area contributed by atoms with Gasteiger partial charge in [0.25, 0.3) is 0 Å². The standard InChI is InChI=1S/C27H38N6O5S/c1-7-21-15-32(11-12-33(21)39(6,35)36)27-17(2)25(24-18(3)31-38-19(24)4)29-26(30-27)20-9-8-10-23(13-20)37-16-22(34)14-28-5/h8-10,13,21-22,28,34H,7,11-12,14-16H2,1-6H3/t21-,22?/m1/s1. The highest BCUT2D eigenvalue weighted by atomic mass is 32.2. The van der Waals surface area contributed by atoms with Crippen molar-refractivity contribution >= 4 is 15.8 Å². The summed E-state index contributed by atoms with van der Waals surface area (Å²) >= 11 is 0. The number of sulfonamides is 1. The minimum Gasteiger partial charge on any atom is -0.491 e. The second-order valence-corrected chi connectivity index (χ2v) is 11.9. The molecule has 0 saturated carbocycles. The highest BCUT2D eigenvalue weighted by molar-refractivity contribution is 7.88. The summed E-state index contributed by atoms with van der Waals surface area (Å²) in [5.74, 6) is 2.51. The van der Waals surface area contributed by atoms with Crippen molar-refractivity contribution in [2.45, 2.75) is 46.3 Å². The van der Waals surface area contributed by atoms with Gasteiger partial charge in [0.05, 0.1) is 23.2 Å². The number of aromatic nitrogens is 3. The molecule has 212 valence electrons. The van der Waals surface area contributed by atoms with Crippen LogP contribution in [0.3, 0.4) is 0 Å². The van der Waals surface area contributed by atoms with Crippen LogP contribution in [0.5, 0.6) is 5.75 Å². The molecular weight excluding hydrogens is 520 g/mol. The molecule has 0 spiro atoms. The van der Waals surface area contributed by atoms with E-state index in [0.717, 1.165) is 33.9 Å². The van der Waals surface area contributed by atoms with Crippen LogP contribution in [0.15, 0.2) is 28.8 Å². The summed E-state index contributed by atoms with van der Waals surface area (Å²) in [5, 5.41) is 17.1. The second-order valence-electron chi connectivity index (χ2n) is 9.98. The molecule has 0 aliphatic carbocycles. The average molecular weight is 559 g/mol. The number of piperazine rings is 1. The van der Waals surface area contributed by atoms with Gasteiger partial charge in [0.15, 0.2) is 5.82 Å². The van der Waals surface area contributed by atoms with Gasteiger partial charge in [0, 0.05) is 43.3 Å². The first-order chi connectivity index (χ1) is 18.5. The van der Waals surface area contributed by atoms with Gasteiger partial charge in [-0.05, 0) is 46.4 Å². The Labute approximate surface area is 230 Å². The summed E-state index contributed by atoms with van der Waals surface area (Å²) in [5.41, 5.74) is 3.91. The van der Waals surface area contributed by atoms with Crippen molar-refractivity contribution in [2.75, 3.05) is 51.0 Å². The van der Waals surface area contributed by atoms with E-state index in [0.29, 0.717) is 49.9 Å². The maximum absolute atomic E-state index is 12.4. The third-order valence-electron chi connectivity index (χ3n) is 6.99. The van der Waals surface area contributed by atoms with Gasteiger partial charge in [-0.25, -0.2) is 18.4 Å². The summed E-state index contributed by atoms with van der Waals surface area (Å²) in [6, 6.07) is 7.31. The lowest BCUT2D eigenvalue weighted by Gasteiger charge is -2.40. The highest BCUT2D eigenvalue weighted by Crippen LogP contribution is 2.36. The fraction of sp³-hybridized carbons (Fsp3) is 0.519. The van der Waals surface area contributed by atoms with E-state index in [-0.39, 0.29) is 12.6 Å². The SMILES string of the molecule is CC[C@@H]1CN(c2nc(-c3cccc(OCC(O)CNC)c3)nc(-c3c(C)noc3C)c2C)CCN1S(C)(=O)=O. The normalized spacial score (nSPS) is 17.4. The van der Waals surface area contributed by atoms with E-state index >= 15 is 0 Å². The largest absolute Gasteiger partial charge is 0.491 e. The van der Waals surface area contributed by atoms with Crippen LogP contribution in [0, 0.1) is 20.8 Å². The van der Waals surface area contributed by atoms with Crippen molar-refractivity contribution in [2.24, 2.45) is 0 Å². The number of ether oxygens (including phenoxy) is 1. The Hall–Kier alpha value is -3.06. The van der Waals surface area contributed by atoms with Crippen molar-refractivity contribution in [1.82, 2.24) is 24.7 Å². The van der Waals surface area contributed by atoms with Crippen LogP contribution >= 0.6 is 0 Å². The molecule has 1 saturated heterocycles. The van der Waals surface area contributed by atoms with Crippen LogP contribution in [0.25, 0.3) is 22.6 Å². The first-order valence-electron chi connectivity index (χ1n) is 13.1. The molecule has 1 aromatic carbocycles. The molecule has 4 rings (SSSR count). The fourth-order valence-corrected chi connectivity index (χ4v) is 6.19. The van der Waals surface area contributed by atoms with Gasteiger partial charge in [-0.15, -0.1) is 0 Å². The number of anilines is 1. The number of nitrogens with one attached hydrogen (secondary N) is 1. The number of hydrogen-bond acceptors (Lipinski definition) is 10. The first kappa shape index (κ1) is 28.9. The number of likely N-dealkylation sites (N-methyl/N-ethyl adjacent to an activating group) is 1. The number of aryl methyl sites for hydroxylation is 2. The molecule has 3 heterocycles. The zero-order valence-electron chi connectivity index (χ0n) is 23.4. The van der Waals surface area contributed by atoms with Crippen molar-refractivity contribution in [1.29, 1.82) is 0 Å². The zero-order valence-corrected chi connectivity index (χ0v) is 24.2. The number of rotatable bonds is 10. The van der Waals surface area contributed by atoms with E-state index in [9.17, 15) is 13.5 Å². The van der Waals surface area contributed by atoms with Crippen molar-refractivity contribution in [3.63, 3.8) is 0 Å². The Balaban J connectivity index is 1.77. The predicted octanol–water partition coefficient (Wildman–Crippen LogP) is 2.54. The van der Waals surface area contributed by atoms with Gasteiger partial charge < -0.3 is 24.6 Å². The molecule has 2 aromatic heterocycles. The minimum atomic E-state index is -3.31. The fourth-order valence-electron chi connectivity index (χ4n) is 5.02. The quantitative estimate of drug-likeness (QED) is 0.382. The lowest BCUT2D eigenvalue weighted by Crippen LogP contribution is -2.55. The Bertz CT molecular complexity index is 1390. The molecule has 1 aliphatic rings. The van der Waals surface area contributed by atoms with Crippen molar-refractivity contribution < 1.29 is 22.8 Å². The Morgan fingerprint density at radius 3 is 2.64 bits per heavy atom. The maximum atomic E-state index is 12.4. The highest BCUT2D eigenvalue weighted by Gasteiger charge is 2.33. The summed E-state index contributed by atoms with van der Waals surface area (Å²) in [6.45, 7) is 9.71. The molecule has 12 heteroatoms. The number of aliphatic hydroxyl groups is 1. The lowest BCUT2D eigenvalue weighted by atomic mass is 10.0. The van der Waals surface area contributed by atoms with Gasteiger partial charge in [-0.3, -0.25) is 0 Å². The van der Waals surface area contributed by atoms with Gasteiger partial charge in [0.2, 0.25) is 10.0 Å². The number of nitrogens with zero attached hydrogens (tertiary/aromatic N) is 5. The van der Waals surface area contributed by atoms with Crippen LogP contribution in [0.1, 0.15) is 30.4 Å². The minimum absolute atomic E-state index is 0.150. The van der Waals surface area contributed by atoms with Crippen LogP contribution in [0.2, 0.25) is 0 Å². The van der Waals surface area contributed by atoms with E-state index in [1.165, 1.54) is 6.26 Å². The average Bonchev–Trinajstić information content (AvgIpc) is 3.24. The summed E-state index contributed by atoms with van der Waals surface area (Å²) in [7, 11) is -1.54. The summed E-state index contributed by atoms with van der Waals surface area (Å²) in [6.07, 6.45) is 1.32. The molecule has 0 amide bonds. The topological polar surface area (TPSA) is 134 Å². The summed E-state index contributed by atoms with van der Waals surface area (Å²) in [4.78, 5) is 12.1. The van der Waals surface area contributed by atoms with Crippen molar-refractivity contribution in [3.05, 3.63) is 41.3 Å². The molecule has 0 radical (unpaired) electrons. The predicted molar refractivity (Wildman–Crippen MR) is 150 cm³/mol. The molecule has 1 fully saturated rings. The second kappa shape index (κ2) is 12.0. The Morgan fingerprint density at radius 1 is 1.23 bits per heavy atom. The van der Waals surface area contributed by atoms with Crippen LogP contribution in [-0.2, 0) is 10.0 Å². The first-order valence-corrected chi connectivity index (χ1v) is 15.0. The van der Waals surface area contributed by atoms with Gasteiger partial charge in [-0.2, -0.15) is 4.31 Å². The smallest absolute Gasteiger partial charge is 0.211 e. The molecule has 11 nitrogen and oxygen atoms in total. The molecule has 1 unspecified atom stereocenters. The van der Waals surface area contributed by atoms with Crippen LogP contribution < -0.4 is 15.0 Å². The van der Waals surface area contributed by atoms with E-state index in [1.807, 2.05) is 52.0 Å². The molecule has 2 N–H and O–H groups in total. The Morgan fingerprint density at radius 2 is 2.00 bits per heavy atom. The van der Waals surface area contributed by atoms with Crippen molar-refractivity contribution in [3.8, 4) is 28.4 Å². The third kappa shape index (κ3) is 6.40. The zero-order chi connectivity index (χ0) is 28.3. The third-order valence-corrected chi connectivity index (χ3v) is 8.32. The van der Waals surface area contributed by atoms with E-state index < -0.39 is 16.1 Å². The van der Waals surface area contributed by atoms with Crippen LogP contribution in [0.4, 0.5) is 5.82 Å². The number of benzene rings is 1. The number of aliphatic hydroxyl groups excluding tert-OH is 1. The molecule has 1 aliphatic heterocycles. The maximum Gasteiger partial charge on any atom is 0.211 e. The molecule has 39 heavy (non-hydrogen) atoms. The van der Waals surface area contributed by atoms with E-state index in [4.69, 9.17) is 19.2 Å². The monoisotopic (exact) mass is 558 g/mol. The molecule has 3 aromatic rings. The molecule has 0 bridgehead atoms. The van der Waals surface area contributed by atoms with Crippen LogP contribution in [-0.4, -0.2) is 91.2 Å². The van der Waals surface area contributed by atoms with Gasteiger partial charge >= 0.3 is 0 Å². The molecule has 2 atom stereocenters.